The predicted molar refractivity (Wildman–Crippen MR) is 69.6 cm³/mol. The van der Waals surface area contributed by atoms with E-state index in [2.05, 4.69) is 26.6 Å². The summed E-state index contributed by atoms with van der Waals surface area (Å²) >= 11 is 5.77. The molecule has 94 valence electrons. The summed E-state index contributed by atoms with van der Waals surface area (Å²) in [7, 11) is 1.95. The fraction of sp³-hybridized carbons (Fsp3) is 0.417. The second kappa shape index (κ2) is 4.57. The minimum atomic E-state index is 0.239. The van der Waals surface area contributed by atoms with Crippen molar-refractivity contribution in [3.05, 3.63) is 34.9 Å². The van der Waals surface area contributed by atoms with Crippen molar-refractivity contribution in [1.82, 2.24) is 19.7 Å². The van der Waals surface area contributed by atoms with Gasteiger partial charge in [-0.2, -0.15) is 5.10 Å². The number of aromatic nitrogens is 4. The van der Waals surface area contributed by atoms with Crippen LogP contribution in [0.3, 0.4) is 0 Å². The van der Waals surface area contributed by atoms with Crippen LogP contribution >= 0.6 is 11.6 Å². The van der Waals surface area contributed by atoms with Crippen LogP contribution in [0.2, 0.25) is 5.02 Å². The van der Waals surface area contributed by atoms with E-state index in [9.17, 15) is 0 Å². The Bertz CT molecular complexity index is 548. The van der Waals surface area contributed by atoms with Gasteiger partial charge in [0.15, 0.2) is 0 Å². The van der Waals surface area contributed by atoms with Gasteiger partial charge in [0.05, 0.1) is 29.2 Å². The van der Waals surface area contributed by atoms with E-state index in [1.54, 1.807) is 12.4 Å². The van der Waals surface area contributed by atoms with Gasteiger partial charge in [0.2, 0.25) is 5.95 Å². The lowest BCUT2D eigenvalue weighted by Gasteiger charge is -2.22. The highest BCUT2D eigenvalue weighted by Gasteiger charge is 2.23. The van der Waals surface area contributed by atoms with Crippen LogP contribution in [0.15, 0.2) is 18.6 Å². The molecule has 3 rings (SSSR count). The Morgan fingerprint density at radius 3 is 2.94 bits per heavy atom. The van der Waals surface area contributed by atoms with Crippen LogP contribution < -0.4 is 5.32 Å². The Balaban J connectivity index is 1.83. The van der Waals surface area contributed by atoms with Crippen molar-refractivity contribution in [2.75, 3.05) is 5.32 Å². The quantitative estimate of drug-likeness (QED) is 0.904. The van der Waals surface area contributed by atoms with Gasteiger partial charge < -0.3 is 5.32 Å². The van der Waals surface area contributed by atoms with Gasteiger partial charge in [-0.15, -0.1) is 0 Å². The fourth-order valence-electron chi connectivity index (χ4n) is 2.36. The monoisotopic (exact) mass is 263 g/mol. The summed E-state index contributed by atoms with van der Waals surface area (Å²) in [5.41, 5.74) is 2.43. The molecular formula is C12H14ClN5. The molecule has 2 heterocycles. The molecule has 1 atom stereocenters. The Morgan fingerprint density at radius 1 is 1.39 bits per heavy atom. The van der Waals surface area contributed by atoms with Crippen LogP contribution in [0.25, 0.3) is 0 Å². The molecule has 0 amide bonds. The summed E-state index contributed by atoms with van der Waals surface area (Å²) < 4.78 is 1.87. The molecule has 2 aromatic rings. The Labute approximate surface area is 110 Å². The zero-order valence-electron chi connectivity index (χ0n) is 10.1. The largest absolute Gasteiger partial charge is 0.347 e. The van der Waals surface area contributed by atoms with Crippen molar-refractivity contribution in [2.45, 2.75) is 25.3 Å². The van der Waals surface area contributed by atoms with Gasteiger partial charge in [-0.25, -0.2) is 9.97 Å². The van der Waals surface area contributed by atoms with Crippen LogP contribution in [-0.2, 0) is 13.5 Å². The number of nitrogens with one attached hydrogen (secondary N) is 1. The predicted octanol–water partition coefficient (Wildman–Crippen LogP) is 2.35. The highest BCUT2D eigenvalue weighted by Crippen LogP contribution is 2.30. The van der Waals surface area contributed by atoms with Crippen molar-refractivity contribution < 1.29 is 0 Å². The van der Waals surface area contributed by atoms with E-state index in [0.717, 1.165) is 19.3 Å². The maximum Gasteiger partial charge on any atom is 0.223 e. The smallest absolute Gasteiger partial charge is 0.223 e. The molecule has 18 heavy (non-hydrogen) atoms. The highest BCUT2D eigenvalue weighted by molar-refractivity contribution is 6.30. The topological polar surface area (TPSA) is 55.6 Å². The lowest BCUT2D eigenvalue weighted by atomic mass is 9.93. The first-order valence-electron chi connectivity index (χ1n) is 5.99. The SMILES string of the molecule is Cn1cc2c(n1)CCCC2Nc1ncc(Cl)cn1. The van der Waals surface area contributed by atoms with E-state index >= 15 is 0 Å². The molecule has 0 saturated carbocycles. The number of aryl methyl sites for hydroxylation is 2. The summed E-state index contributed by atoms with van der Waals surface area (Å²) in [6.07, 6.45) is 8.53. The van der Waals surface area contributed by atoms with Crippen molar-refractivity contribution >= 4 is 17.5 Å². The van der Waals surface area contributed by atoms with Gasteiger partial charge in [-0.1, -0.05) is 11.6 Å². The van der Waals surface area contributed by atoms with Crippen LogP contribution in [0.4, 0.5) is 5.95 Å². The maximum atomic E-state index is 5.77. The summed E-state index contributed by atoms with van der Waals surface area (Å²) in [6, 6.07) is 0.239. The van der Waals surface area contributed by atoms with Gasteiger partial charge in [0.25, 0.3) is 0 Å². The minimum Gasteiger partial charge on any atom is -0.347 e. The molecule has 2 aromatic heterocycles. The Kier molecular flexibility index (Phi) is 2.91. The van der Waals surface area contributed by atoms with E-state index < -0.39 is 0 Å². The average Bonchev–Trinajstić information content (AvgIpc) is 2.73. The fourth-order valence-corrected chi connectivity index (χ4v) is 2.46. The van der Waals surface area contributed by atoms with E-state index in [1.165, 1.54) is 11.3 Å². The number of hydrogen-bond acceptors (Lipinski definition) is 4. The Morgan fingerprint density at radius 2 is 2.17 bits per heavy atom. The van der Waals surface area contributed by atoms with Crippen LogP contribution in [-0.4, -0.2) is 19.7 Å². The number of anilines is 1. The van der Waals surface area contributed by atoms with Crippen molar-refractivity contribution in [2.24, 2.45) is 7.05 Å². The summed E-state index contributed by atoms with van der Waals surface area (Å²) in [6.45, 7) is 0. The van der Waals surface area contributed by atoms with Gasteiger partial charge >= 0.3 is 0 Å². The summed E-state index contributed by atoms with van der Waals surface area (Å²) in [4.78, 5) is 8.34. The van der Waals surface area contributed by atoms with Gasteiger partial charge in [-0.05, 0) is 19.3 Å². The van der Waals surface area contributed by atoms with E-state index in [0.29, 0.717) is 11.0 Å². The average molecular weight is 264 g/mol. The molecule has 0 bridgehead atoms. The molecule has 5 nitrogen and oxygen atoms in total. The van der Waals surface area contributed by atoms with Gasteiger partial charge in [-0.3, -0.25) is 4.68 Å². The summed E-state index contributed by atoms with van der Waals surface area (Å²) in [5.74, 6) is 0.612. The molecule has 0 spiro atoms. The number of halogens is 1. The second-order valence-corrected chi connectivity index (χ2v) is 4.96. The molecule has 6 heteroatoms. The third kappa shape index (κ3) is 2.18. The second-order valence-electron chi connectivity index (χ2n) is 4.52. The molecule has 0 aliphatic heterocycles. The maximum absolute atomic E-state index is 5.77. The number of nitrogens with zero attached hydrogens (tertiary/aromatic N) is 4. The number of fused-ring (bicyclic) bond motifs is 1. The standard InChI is InChI=1S/C12H14ClN5/c1-18-7-9-10(3-2-4-11(9)17-18)16-12-14-5-8(13)6-15-12/h5-7,10H,2-4H2,1H3,(H,14,15,16). The van der Waals surface area contributed by atoms with Crippen LogP contribution in [0.5, 0.6) is 0 Å². The summed E-state index contributed by atoms with van der Waals surface area (Å²) in [5, 5.41) is 8.36. The third-order valence-electron chi connectivity index (χ3n) is 3.14. The third-order valence-corrected chi connectivity index (χ3v) is 3.34. The lowest BCUT2D eigenvalue weighted by molar-refractivity contribution is 0.589. The first-order chi connectivity index (χ1) is 8.72. The van der Waals surface area contributed by atoms with E-state index in [1.807, 2.05) is 11.7 Å². The van der Waals surface area contributed by atoms with Crippen LogP contribution in [0, 0.1) is 0 Å². The van der Waals surface area contributed by atoms with Crippen LogP contribution in [0.1, 0.15) is 30.1 Å². The van der Waals surface area contributed by atoms with Crippen molar-refractivity contribution in [3.8, 4) is 0 Å². The molecule has 0 fully saturated rings. The highest BCUT2D eigenvalue weighted by atomic mass is 35.5. The minimum absolute atomic E-state index is 0.239. The number of hydrogen-bond donors (Lipinski definition) is 1. The molecule has 0 aromatic carbocycles. The van der Waals surface area contributed by atoms with Crippen molar-refractivity contribution in [3.63, 3.8) is 0 Å². The van der Waals surface area contributed by atoms with Gasteiger partial charge in [0.1, 0.15) is 0 Å². The zero-order valence-corrected chi connectivity index (χ0v) is 10.9. The molecule has 0 saturated heterocycles. The van der Waals surface area contributed by atoms with E-state index in [-0.39, 0.29) is 6.04 Å². The molecule has 0 radical (unpaired) electrons. The molecular weight excluding hydrogens is 250 g/mol. The van der Waals surface area contributed by atoms with Gasteiger partial charge in [0, 0.05) is 18.8 Å². The normalized spacial score (nSPS) is 18.4. The number of rotatable bonds is 2. The first-order valence-corrected chi connectivity index (χ1v) is 6.36. The molecule has 1 aliphatic rings. The first kappa shape index (κ1) is 11.5. The molecule has 1 unspecified atom stereocenters. The zero-order chi connectivity index (χ0) is 12.5. The molecule has 1 N–H and O–H groups in total. The lowest BCUT2D eigenvalue weighted by Crippen LogP contribution is -2.17. The van der Waals surface area contributed by atoms with E-state index in [4.69, 9.17) is 11.6 Å². The van der Waals surface area contributed by atoms with Crippen molar-refractivity contribution in [1.29, 1.82) is 0 Å². The Hall–Kier alpha value is -1.62. The molecule has 1 aliphatic carbocycles.